The molecule has 2 nitrogen and oxygen atoms in total. The highest BCUT2D eigenvalue weighted by atomic mass is 15.2. The molecule has 7 aromatic rings. The first-order chi connectivity index (χ1) is 26.9. The van der Waals surface area contributed by atoms with Crippen molar-refractivity contribution in [2.24, 2.45) is 5.92 Å². The van der Waals surface area contributed by atoms with E-state index in [0.717, 1.165) is 22.7 Å². The van der Waals surface area contributed by atoms with Crippen molar-refractivity contribution in [3.63, 3.8) is 0 Å². The van der Waals surface area contributed by atoms with E-state index >= 15 is 0 Å². The third-order valence-corrected chi connectivity index (χ3v) is 12.2. The monoisotopic (exact) mass is 708 g/mol. The van der Waals surface area contributed by atoms with Crippen molar-refractivity contribution < 1.29 is 0 Å². The van der Waals surface area contributed by atoms with Crippen LogP contribution in [0.3, 0.4) is 0 Å². The number of hydrogen-bond donors (Lipinski definition) is 0. The zero-order valence-electron chi connectivity index (χ0n) is 31.9. The molecule has 2 atom stereocenters. The first-order valence-corrected chi connectivity index (χ1v) is 19.5. The van der Waals surface area contributed by atoms with Crippen molar-refractivity contribution in [2.45, 2.75) is 39.0 Å². The van der Waals surface area contributed by atoms with Crippen LogP contribution in [-0.2, 0) is 5.41 Å². The van der Waals surface area contributed by atoms with Gasteiger partial charge >= 0.3 is 0 Å². The summed E-state index contributed by atoms with van der Waals surface area (Å²) in [6, 6.07) is 61.4. The van der Waals surface area contributed by atoms with Gasteiger partial charge in [0.2, 0.25) is 0 Å². The van der Waals surface area contributed by atoms with E-state index in [9.17, 15) is 0 Å². The molecule has 0 aromatic heterocycles. The molecular weight excluding hydrogens is 665 g/mol. The first kappa shape index (κ1) is 33.2. The zero-order valence-corrected chi connectivity index (χ0v) is 31.9. The average molecular weight is 709 g/mol. The number of anilines is 5. The number of fused-ring (bicyclic) bond motifs is 10. The van der Waals surface area contributed by atoms with Crippen molar-refractivity contribution in [1.29, 1.82) is 0 Å². The summed E-state index contributed by atoms with van der Waals surface area (Å²) in [7, 11) is 0. The van der Waals surface area contributed by atoms with Crippen molar-refractivity contribution in [1.82, 2.24) is 0 Å². The smallest absolute Gasteiger partial charge is 0.0539 e. The Kier molecular flexibility index (Phi) is 7.78. The van der Waals surface area contributed by atoms with Gasteiger partial charge < -0.3 is 9.80 Å². The molecule has 0 saturated carbocycles. The van der Waals surface area contributed by atoms with Gasteiger partial charge in [-0.3, -0.25) is 0 Å². The zero-order chi connectivity index (χ0) is 37.3. The van der Waals surface area contributed by atoms with E-state index in [4.69, 9.17) is 0 Å². The molecule has 2 unspecified atom stereocenters. The second-order valence-electron chi connectivity index (χ2n) is 15.7. The van der Waals surface area contributed by atoms with Crippen LogP contribution in [0.5, 0.6) is 0 Å². The molecular formula is C53H44N2. The fourth-order valence-corrected chi connectivity index (χ4v) is 9.59. The minimum absolute atomic E-state index is 0.146. The normalized spacial score (nSPS) is 16.9. The van der Waals surface area contributed by atoms with Crippen LogP contribution in [0.25, 0.3) is 11.1 Å². The van der Waals surface area contributed by atoms with Gasteiger partial charge in [-0.2, -0.15) is 0 Å². The van der Waals surface area contributed by atoms with Gasteiger partial charge in [-0.25, -0.2) is 0 Å². The minimum atomic E-state index is -0.391. The van der Waals surface area contributed by atoms with E-state index in [2.05, 4.69) is 220 Å². The number of rotatable bonds is 6. The molecule has 266 valence electrons. The first-order valence-electron chi connectivity index (χ1n) is 19.5. The van der Waals surface area contributed by atoms with Crippen molar-refractivity contribution in [3.05, 3.63) is 232 Å². The van der Waals surface area contributed by atoms with Crippen molar-refractivity contribution in [3.8, 4) is 11.1 Å². The number of nitrogens with zero attached hydrogens (tertiary/aromatic N) is 2. The maximum absolute atomic E-state index is 2.60. The van der Waals surface area contributed by atoms with Crippen molar-refractivity contribution in [2.75, 3.05) is 9.80 Å². The van der Waals surface area contributed by atoms with E-state index in [1.807, 2.05) is 0 Å². The standard InChI is InChI=1S/C53H44N2/c1-35-13-21-39(22-14-35)54(40-23-15-36(2)16-24-40)43-29-31-47-48-32-30-44(55(41-25-17-37(3)18-26-41)42-27-19-38(4)20-28-42)34-52(48)53(51(47)33-43)49-11-7-5-9-45(49)46-10-6-8-12-50(46)53/h5-34,47,51H,1-4H3. The largest absolute Gasteiger partial charge is 0.311 e. The molecule has 0 amide bonds. The SMILES string of the molecule is Cc1ccc(N(C2=CC3C(C=C2)c2ccc(N(c4ccc(C)cc4)c4ccc(C)cc4)cc2C32c3ccccc3-c3ccccc32)c2ccc(C)cc2)cc1. The average Bonchev–Trinajstić information content (AvgIpc) is 3.68. The van der Waals surface area contributed by atoms with Gasteiger partial charge in [0.1, 0.15) is 0 Å². The Hall–Kier alpha value is -6.38. The fourth-order valence-electron chi connectivity index (χ4n) is 9.59. The highest BCUT2D eigenvalue weighted by Gasteiger charge is 2.57. The third kappa shape index (κ3) is 5.23. The number of hydrogen-bond acceptors (Lipinski definition) is 2. The summed E-state index contributed by atoms with van der Waals surface area (Å²) < 4.78 is 0. The molecule has 0 saturated heterocycles. The Morgan fingerprint density at radius 1 is 0.418 bits per heavy atom. The fraction of sp³-hybridized carbons (Fsp3) is 0.132. The number of allylic oxidation sites excluding steroid dienone is 3. The van der Waals surface area contributed by atoms with Crippen molar-refractivity contribution >= 4 is 28.4 Å². The topological polar surface area (TPSA) is 6.48 Å². The summed E-state index contributed by atoms with van der Waals surface area (Å²) in [4.78, 5) is 4.87. The molecule has 55 heavy (non-hydrogen) atoms. The van der Waals surface area contributed by atoms with Crippen LogP contribution in [-0.4, -0.2) is 0 Å². The Labute approximate surface area is 325 Å². The van der Waals surface area contributed by atoms with Gasteiger partial charge in [0.15, 0.2) is 0 Å². The Morgan fingerprint density at radius 2 is 0.836 bits per heavy atom. The molecule has 3 aliphatic carbocycles. The van der Waals surface area contributed by atoms with Crippen LogP contribution in [0.1, 0.15) is 50.4 Å². The summed E-state index contributed by atoms with van der Waals surface area (Å²) in [6.07, 6.45) is 7.46. The molecule has 7 aromatic carbocycles. The second-order valence-corrected chi connectivity index (χ2v) is 15.7. The molecule has 0 radical (unpaired) electrons. The Bertz CT molecular complexity index is 2490. The van der Waals surface area contributed by atoms with E-state index in [0.29, 0.717) is 0 Å². The van der Waals surface area contributed by atoms with Crippen LogP contribution in [0.4, 0.5) is 28.4 Å². The molecule has 2 heteroatoms. The minimum Gasteiger partial charge on any atom is -0.311 e. The lowest BCUT2D eigenvalue weighted by atomic mass is 9.65. The maximum atomic E-state index is 2.60. The van der Waals surface area contributed by atoms with Gasteiger partial charge in [0, 0.05) is 46.0 Å². The Balaban J connectivity index is 1.22. The number of aryl methyl sites for hydroxylation is 4. The molecule has 0 aliphatic heterocycles. The molecule has 0 heterocycles. The third-order valence-electron chi connectivity index (χ3n) is 12.2. The van der Waals surface area contributed by atoms with Crippen LogP contribution in [0.15, 0.2) is 188 Å². The summed E-state index contributed by atoms with van der Waals surface area (Å²) in [5.74, 6) is 0.352. The van der Waals surface area contributed by atoms with Crippen LogP contribution < -0.4 is 9.80 Å². The van der Waals surface area contributed by atoms with E-state index in [1.54, 1.807) is 0 Å². The van der Waals surface area contributed by atoms with Crippen LogP contribution in [0.2, 0.25) is 0 Å². The molecule has 0 fully saturated rings. The molecule has 0 bridgehead atoms. The van der Waals surface area contributed by atoms with E-state index < -0.39 is 5.41 Å². The van der Waals surface area contributed by atoms with E-state index in [-0.39, 0.29) is 11.8 Å². The van der Waals surface area contributed by atoms with Gasteiger partial charge in [0.05, 0.1) is 5.41 Å². The molecule has 1 spiro atoms. The summed E-state index contributed by atoms with van der Waals surface area (Å²) in [6.45, 7) is 8.63. The lowest BCUT2D eigenvalue weighted by molar-refractivity contribution is 0.462. The van der Waals surface area contributed by atoms with Crippen LogP contribution >= 0.6 is 0 Å². The van der Waals surface area contributed by atoms with E-state index in [1.165, 1.54) is 67.0 Å². The quantitative estimate of drug-likeness (QED) is 0.170. The Morgan fingerprint density at radius 3 is 1.31 bits per heavy atom. The molecule has 10 rings (SSSR count). The lowest BCUT2D eigenvalue weighted by Crippen LogP contribution is -2.34. The van der Waals surface area contributed by atoms with Crippen LogP contribution in [0, 0.1) is 33.6 Å². The summed E-state index contributed by atoms with van der Waals surface area (Å²) in [5, 5.41) is 0. The van der Waals surface area contributed by atoms with Gasteiger partial charge in [-0.15, -0.1) is 0 Å². The number of benzene rings is 7. The predicted octanol–water partition coefficient (Wildman–Crippen LogP) is 13.7. The molecule has 3 aliphatic rings. The van der Waals surface area contributed by atoms with Gasteiger partial charge in [-0.1, -0.05) is 138 Å². The maximum Gasteiger partial charge on any atom is 0.0539 e. The summed E-state index contributed by atoms with van der Waals surface area (Å²) >= 11 is 0. The highest BCUT2D eigenvalue weighted by molar-refractivity contribution is 5.88. The molecule has 0 N–H and O–H groups in total. The lowest BCUT2D eigenvalue weighted by Gasteiger charge is -2.38. The predicted molar refractivity (Wildman–Crippen MR) is 230 cm³/mol. The van der Waals surface area contributed by atoms with Gasteiger partial charge in [0.25, 0.3) is 0 Å². The highest BCUT2D eigenvalue weighted by Crippen LogP contribution is 2.66. The summed E-state index contributed by atoms with van der Waals surface area (Å²) in [5.41, 5.74) is 19.9. The second kappa shape index (κ2) is 12.9. The van der Waals surface area contributed by atoms with Gasteiger partial charge in [-0.05, 0) is 128 Å².